The van der Waals surface area contributed by atoms with E-state index in [1.807, 2.05) is 0 Å². The van der Waals surface area contributed by atoms with Crippen LogP contribution in [0.3, 0.4) is 0 Å². The Morgan fingerprint density at radius 2 is 2.17 bits per heavy atom. The lowest BCUT2D eigenvalue weighted by Crippen LogP contribution is -2.23. The van der Waals surface area contributed by atoms with Crippen LogP contribution < -0.4 is 4.74 Å². The molecule has 6 nitrogen and oxygen atoms in total. The summed E-state index contributed by atoms with van der Waals surface area (Å²) < 4.78 is 20.9. The van der Waals surface area contributed by atoms with Crippen LogP contribution in [0.4, 0.5) is 4.39 Å². The SMILES string of the molecule is C=CCn1c(COc2ccccc2F)nnc1SCC(=O)N(C)C. The lowest BCUT2D eigenvalue weighted by molar-refractivity contribution is -0.125. The van der Waals surface area contributed by atoms with Crippen LogP contribution >= 0.6 is 11.8 Å². The molecular formula is C16H19FN4O2S. The van der Waals surface area contributed by atoms with Crippen molar-refractivity contribution in [2.45, 2.75) is 18.3 Å². The predicted molar refractivity (Wildman–Crippen MR) is 90.4 cm³/mol. The minimum atomic E-state index is -0.432. The van der Waals surface area contributed by atoms with E-state index in [0.29, 0.717) is 17.5 Å². The highest BCUT2D eigenvalue weighted by molar-refractivity contribution is 7.99. The second kappa shape index (κ2) is 8.49. The zero-order valence-electron chi connectivity index (χ0n) is 13.6. The second-order valence-electron chi connectivity index (χ2n) is 5.09. The van der Waals surface area contributed by atoms with Crippen LogP contribution in [0.25, 0.3) is 0 Å². The molecule has 0 spiro atoms. The summed E-state index contributed by atoms with van der Waals surface area (Å²) >= 11 is 1.29. The highest BCUT2D eigenvalue weighted by atomic mass is 32.2. The second-order valence-corrected chi connectivity index (χ2v) is 6.04. The molecule has 0 atom stereocenters. The van der Waals surface area contributed by atoms with Crippen LogP contribution in [0.15, 0.2) is 42.1 Å². The van der Waals surface area contributed by atoms with Crippen molar-refractivity contribution in [3.05, 3.63) is 48.6 Å². The van der Waals surface area contributed by atoms with Crippen LogP contribution in [0.5, 0.6) is 5.75 Å². The van der Waals surface area contributed by atoms with Gasteiger partial charge in [-0.25, -0.2) is 4.39 Å². The number of thioether (sulfide) groups is 1. The molecule has 1 amide bonds. The van der Waals surface area contributed by atoms with Crippen molar-refractivity contribution in [3.63, 3.8) is 0 Å². The molecule has 0 aliphatic heterocycles. The molecule has 0 saturated carbocycles. The largest absolute Gasteiger partial charge is 0.483 e. The lowest BCUT2D eigenvalue weighted by atomic mass is 10.3. The molecule has 8 heteroatoms. The minimum Gasteiger partial charge on any atom is -0.483 e. The normalized spacial score (nSPS) is 10.5. The van der Waals surface area contributed by atoms with Gasteiger partial charge in [0.2, 0.25) is 5.91 Å². The molecule has 2 aromatic rings. The fourth-order valence-electron chi connectivity index (χ4n) is 1.80. The Kier molecular flexibility index (Phi) is 6.36. The van der Waals surface area contributed by atoms with E-state index in [4.69, 9.17) is 4.74 Å². The van der Waals surface area contributed by atoms with Gasteiger partial charge in [0.05, 0.1) is 5.75 Å². The van der Waals surface area contributed by atoms with E-state index < -0.39 is 5.82 Å². The van der Waals surface area contributed by atoms with Gasteiger partial charge in [0.1, 0.15) is 6.61 Å². The van der Waals surface area contributed by atoms with Gasteiger partial charge in [-0.15, -0.1) is 16.8 Å². The molecular weight excluding hydrogens is 331 g/mol. The van der Waals surface area contributed by atoms with E-state index in [2.05, 4.69) is 16.8 Å². The Morgan fingerprint density at radius 3 is 2.83 bits per heavy atom. The Morgan fingerprint density at radius 1 is 1.42 bits per heavy atom. The van der Waals surface area contributed by atoms with E-state index in [9.17, 15) is 9.18 Å². The Balaban J connectivity index is 2.08. The van der Waals surface area contributed by atoms with Crippen molar-refractivity contribution in [1.82, 2.24) is 19.7 Å². The van der Waals surface area contributed by atoms with Crippen molar-refractivity contribution in [2.75, 3.05) is 19.8 Å². The van der Waals surface area contributed by atoms with Crippen molar-refractivity contribution < 1.29 is 13.9 Å². The molecule has 0 aliphatic rings. The van der Waals surface area contributed by atoms with E-state index in [-0.39, 0.29) is 24.0 Å². The number of aromatic nitrogens is 3. The number of hydrogen-bond donors (Lipinski definition) is 0. The maximum absolute atomic E-state index is 13.6. The summed E-state index contributed by atoms with van der Waals surface area (Å²) in [6.45, 7) is 4.26. The van der Waals surface area contributed by atoms with E-state index in [0.717, 1.165) is 0 Å². The third kappa shape index (κ3) is 4.58. The van der Waals surface area contributed by atoms with Gasteiger partial charge in [-0.1, -0.05) is 30.0 Å². The number of allylic oxidation sites excluding steroid dienone is 1. The zero-order valence-corrected chi connectivity index (χ0v) is 14.4. The van der Waals surface area contributed by atoms with Crippen molar-refractivity contribution in [1.29, 1.82) is 0 Å². The number of rotatable bonds is 8. The highest BCUT2D eigenvalue weighted by Gasteiger charge is 2.15. The first kappa shape index (κ1) is 18.0. The maximum atomic E-state index is 13.6. The first-order valence-electron chi connectivity index (χ1n) is 7.26. The summed E-state index contributed by atoms with van der Waals surface area (Å²) in [6, 6.07) is 6.17. The average molecular weight is 350 g/mol. The summed E-state index contributed by atoms with van der Waals surface area (Å²) in [6.07, 6.45) is 1.70. The molecule has 0 aliphatic carbocycles. The topological polar surface area (TPSA) is 60.2 Å². The monoisotopic (exact) mass is 350 g/mol. The molecule has 24 heavy (non-hydrogen) atoms. The van der Waals surface area contributed by atoms with Crippen molar-refractivity contribution in [3.8, 4) is 5.75 Å². The molecule has 1 heterocycles. The number of amides is 1. The predicted octanol–water partition coefficient (Wildman–Crippen LogP) is 2.36. The third-order valence-corrected chi connectivity index (χ3v) is 4.07. The third-order valence-electron chi connectivity index (χ3n) is 3.12. The number of benzene rings is 1. The number of carbonyl (C=O) groups excluding carboxylic acids is 1. The van der Waals surface area contributed by atoms with Gasteiger partial charge in [-0.3, -0.25) is 9.36 Å². The number of halogens is 1. The molecule has 0 radical (unpaired) electrons. The minimum absolute atomic E-state index is 0.0164. The van der Waals surface area contributed by atoms with Gasteiger partial charge in [0.25, 0.3) is 0 Å². The van der Waals surface area contributed by atoms with Gasteiger partial charge < -0.3 is 9.64 Å². The van der Waals surface area contributed by atoms with Crippen LogP contribution in [0.1, 0.15) is 5.82 Å². The first-order valence-corrected chi connectivity index (χ1v) is 8.24. The fourth-order valence-corrected chi connectivity index (χ4v) is 2.75. The summed E-state index contributed by atoms with van der Waals surface area (Å²) in [5, 5.41) is 8.75. The number of nitrogens with zero attached hydrogens (tertiary/aromatic N) is 4. The standard InChI is InChI=1S/C16H19FN4O2S/c1-4-9-21-14(10-23-13-8-6-5-7-12(13)17)18-19-16(21)24-11-15(22)20(2)3/h4-8H,1,9-11H2,2-3H3. The van der Waals surface area contributed by atoms with E-state index >= 15 is 0 Å². The molecule has 0 unspecified atom stereocenters. The molecule has 1 aromatic heterocycles. The number of ether oxygens (including phenoxy) is 1. The van der Waals surface area contributed by atoms with Crippen molar-refractivity contribution >= 4 is 17.7 Å². The Bertz CT molecular complexity index is 718. The number of para-hydroxylation sites is 1. The summed E-state index contributed by atoms with van der Waals surface area (Å²) in [4.78, 5) is 13.2. The average Bonchev–Trinajstić information content (AvgIpc) is 2.94. The molecule has 0 bridgehead atoms. The number of hydrogen-bond acceptors (Lipinski definition) is 5. The van der Waals surface area contributed by atoms with Gasteiger partial charge in [-0.2, -0.15) is 0 Å². The van der Waals surface area contributed by atoms with E-state index in [1.54, 1.807) is 42.9 Å². The molecule has 2 rings (SSSR count). The van der Waals surface area contributed by atoms with Crippen LogP contribution in [-0.2, 0) is 17.9 Å². The van der Waals surface area contributed by atoms with Gasteiger partial charge in [0.15, 0.2) is 22.5 Å². The smallest absolute Gasteiger partial charge is 0.232 e. The highest BCUT2D eigenvalue weighted by Crippen LogP contribution is 2.20. The maximum Gasteiger partial charge on any atom is 0.232 e. The number of carbonyl (C=O) groups is 1. The summed E-state index contributed by atoms with van der Waals surface area (Å²) in [5.74, 6) is 0.507. The van der Waals surface area contributed by atoms with Crippen LogP contribution in [0.2, 0.25) is 0 Å². The molecule has 1 aromatic carbocycles. The molecule has 0 saturated heterocycles. The van der Waals surface area contributed by atoms with Crippen LogP contribution in [0, 0.1) is 5.82 Å². The molecule has 0 fully saturated rings. The quantitative estimate of drug-likeness (QED) is 0.540. The summed E-state index contributed by atoms with van der Waals surface area (Å²) in [7, 11) is 3.40. The molecule has 0 N–H and O–H groups in total. The van der Waals surface area contributed by atoms with Crippen LogP contribution in [-0.4, -0.2) is 45.4 Å². The first-order chi connectivity index (χ1) is 11.5. The Hall–Kier alpha value is -2.35. The fraction of sp³-hybridized carbons (Fsp3) is 0.312. The lowest BCUT2D eigenvalue weighted by Gasteiger charge is -2.11. The molecule has 128 valence electrons. The van der Waals surface area contributed by atoms with Crippen molar-refractivity contribution in [2.24, 2.45) is 0 Å². The van der Waals surface area contributed by atoms with Gasteiger partial charge in [-0.05, 0) is 12.1 Å². The summed E-state index contributed by atoms with van der Waals surface area (Å²) in [5.41, 5.74) is 0. The Labute approximate surface area is 144 Å². The van der Waals surface area contributed by atoms with Gasteiger partial charge in [0, 0.05) is 20.6 Å². The van der Waals surface area contributed by atoms with Gasteiger partial charge >= 0.3 is 0 Å². The van der Waals surface area contributed by atoms with E-state index in [1.165, 1.54) is 22.7 Å². The zero-order chi connectivity index (χ0) is 17.5.